The van der Waals surface area contributed by atoms with E-state index >= 15 is 0 Å². The van der Waals surface area contributed by atoms with E-state index in [1.807, 2.05) is 4.90 Å². The predicted molar refractivity (Wildman–Crippen MR) is 60.2 cm³/mol. The van der Waals surface area contributed by atoms with Crippen LogP contribution in [0.2, 0.25) is 0 Å². The number of rotatable bonds is 3. The highest BCUT2D eigenvalue weighted by Crippen LogP contribution is 2.25. The molecule has 90 valence electrons. The lowest BCUT2D eigenvalue weighted by Crippen LogP contribution is -2.57. The van der Waals surface area contributed by atoms with Crippen LogP contribution in [0.1, 0.15) is 19.8 Å². The first-order valence-electron chi connectivity index (χ1n) is 5.55. The highest BCUT2D eigenvalue weighted by atomic mass is 35.5. The van der Waals surface area contributed by atoms with Crippen LogP contribution in [-0.4, -0.2) is 52.9 Å². The van der Waals surface area contributed by atoms with E-state index in [-0.39, 0.29) is 24.4 Å². The molecule has 0 aromatic heterocycles. The second kappa shape index (κ2) is 4.22. The number of hydrogen-bond donors (Lipinski definition) is 1. The largest absolute Gasteiger partial charge is 0.326 e. The number of alkyl halides is 1. The van der Waals surface area contributed by atoms with Gasteiger partial charge < -0.3 is 5.32 Å². The van der Waals surface area contributed by atoms with E-state index in [0.29, 0.717) is 0 Å². The van der Waals surface area contributed by atoms with Crippen LogP contribution in [0.3, 0.4) is 0 Å². The zero-order valence-electron chi connectivity index (χ0n) is 9.33. The highest BCUT2D eigenvalue weighted by Gasteiger charge is 2.51. The van der Waals surface area contributed by atoms with Crippen molar-refractivity contribution >= 4 is 23.5 Å². The number of imide groups is 1. The SMILES string of the molecule is CC1(N2CCCC2)NC(=O)N(CCCl)C1=O. The summed E-state index contributed by atoms with van der Waals surface area (Å²) in [5.74, 6) is 0.0925. The minimum absolute atomic E-state index is 0.181. The molecule has 0 aromatic rings. The van der Waals surface area contributed by atoms with Crippen molar-refractivity contribution in [3.05, 3.63) is 0 Å². The van der Waals surface area contributed by atoms with Crippen LogP contribution in [-0.2, 0) is 4.79 Å². The van der Waals surface area contributed by atoms with Gasteiger partial charge in [0.1, 0.15) is 0 Å². The number of carbonyl (C=O) groups is 2. The zero-order chi connectivity index (χ0) is 11.8. The number of carbonyl (C=O) groups excluding carboxylic acids is 2. The molecule has 2 aliphatic heterocycles. The van der Waals surface area contributed by atoms with Gasteiger partial charge in [0.2, 0.25) is 0 Å². The van der Waals surface area contributed by atoms with Crippen molar-refractivity contribution in [1.82, 2.24) is 15.1 Å². The molecule has 2 heterocycles. The Morgan fingerprint density at radius 1 is 1.38 bits per heavy atom. The molecular weight excluding hydrogens is 230 g/mol. The van der Waals surface area contributed by atoms with Crippen LogP contribution in [0.5, 0.6) is 0 Å². The minimum atomic E-state index is -0.861. The fourth-order valence-corrected chi connectivity index (χ4v) is 2.52. The van der Waals surface area contributed by atoms with Gasteiger partial charge >= 0.3 is 6.03 Å². The number of amides is 3. The summed E-state index contributed by atoms with van der Waals surface area (Å²) < 4.78 is 0. The molecule has 1 atom stereocenters. The fraction of sp³-hybridized carbons (Fsp3) is 0.800. The van der Waals surface area contributed by atoms with Crippen molar-refractivity contribution in [2.45, 2.75) is 25.4 Å². The van der Waals surface area contributed by atoms with E-state index in [9.17, 15) is 9.59 Å². The average molecular weight is 246 g/mol. The Morgan fingerprint density at radius 3 is 2.56 bits per heavy atom. The molecule has 3 amide bonds. The van der Waals surface area contributed by atoms with Gasteiger partial charge in [0.05, 0.1) is 0 Å². The molecule has 1 N–H and O–H groups in total. The summed E-state index contributed by atoms with van der Waals surface area (Å²) in [5, 5.41) is 2.76. The summed E-state index contributed by atoms with van der Waals surface area (Å²) in [4.78, 5) is 27.0. The average Bonchev–Trinajstić information content (AvgIpc) is 2.83. The maximum Gasteiger partial charge on any atom is 0.326 e. The molecule has 2 fully saturated rings. The molecule has 2 aliphatic rings. The van der Waals surface area contributed by atoms with Gasteiger partial charge in [0.15, 0.2) is 5.66 Å². The Morgan fingerprint density at radius 2 is 2.00 bits per heavy atom. The molecule has 0 radical (unpaired) electrons. The molecule has 2 rings (SSSR count). The summed E-state index contributed by atoms with van der Waals surface area (Å²) in [6.07, 6.45) is 2.16. The van der Waals surface area contributed by atoms with Crippen molar-refractivity contribution in [3.8, 4) is 0 Å². The van der Waals surface area contributed by atoms with Gasteiger partial charge in [0, 0.05) is 25.5 Å². The lowest BCUT2D eigenvalue weighted by Gasteiger charge is -2.32. The van der Waals surface area contributed by atoms with Gasteiger partial charge in [-0.05, 0) is 19.8 Å². The number of nitrogens with zero attached hydrogens (tertiary/aromatic N) is 2. The standard InChI is InChI=1S/C10H16ClN3O2/c1-10(13-5-2-3-6-13)8(15)14(7-4-11)9(16)12-10/h2-7H2,1H3,(H,12,16). The number of likely N-dealkylation sites (tertiary alicyclic amines) is 1. The van der Waals surface area contributed by atoms with Crippen molar-refractivity contribution in [1.29, 1.82) is 0 Å². The molecule has 16 heavy (non-hydrogen) atoms. The molecule has 0 spiro atoms. The quantitative estimate of drug-likeness (QED) is 0.585. The first kappa shape index (κ1) is 11.7. The van der Waals surface area contributed by atoms with Crippen LogP contribution >= 0.6 is 11.6 Å². The van der Waals surface area contributed by atoms with E-state index in [0.717, 1.165) is 25.9 Å². The maximum atomic E-state index is 12.2. The maximum absolute atomic E-state index is 12.2. The number of halogens is 1. The van der Waals surface area contributed by atoms with Crippen LogP contribution in [0.15, 0.2) is 0 Å². The van der Waals surface area contributed by atoms with E-state index in [2.05, 4.69) is 5.32 Å². The topological polar surface area (TPSA) is 52.7 Å². The monoisotopic (exact) mass is 245 g/mol. The third-order valence-electron chi connectivity index (χ3n) is 3.30. The molecule has 0 bridgehead atoms. The number of nitrogens with one attached hydrogen (secondary N) is 1. The Hall–Kier alpha value is -0.810. The van der Waals surface area contributed by atoms with Gasteiger partial charge in [-0.2, -0.15) is 0 Å². The molecule has 2 saturated heterocycles. The van der Waals surface area contributed by atoms with Crippen molar-refractivity contribution in [3.63, 3.8) is 0 Å². The third-order valence-corrected chi connectivity index (χ3v) is 3.47. The Bertz CT molecular complexity index is 317. The van der Waals surface area contributed by atoms with Crippen LogP contribution in [0.4, 0.5) is 4.79 Å². The van der Waals surface area contributed by atoms with E-state index in [1.165, 1.54) is 4.90 Å². The van der Waals surface area contributed by atoms with Crippen LogP contribution < -0.4 is 5.32 Å². The summed E-state index contributed by atoms with van der Waals surface area (Å²) in [5.41, 5.74) is -0.861. The van der Waals surface area contributed by atoms with E-state index < -0.39 is 5.66 Å². The second-order valence-corrected chi connectivity index (χ2v) is 4.72. The normalized spacial score (nSPS) is 31.2. The Kier molecular flexibility index (Phi) is 3.08. The summed E-state index contributed by atoms with van der Waals surface area (Å²) in [7, 11) is 0. The van der Waals surface area contributed by atoms with Crippen molar-refractivity contribution < 1.29 is 9.59 Å². The predicted octanol–water partition coefficient (Wildman–Crippen LogP) is 0.589. The molecule has 0 aliphatic carbocycles. The first-order valence-corrected chi connectivity index (χ1v) is 6.08. The Balaban J connectivity index is 2.17. The smallest absolute Gasteiger partial charge is 0.311 e. The summed E-state index contributed by atoms with van der Waals surface area (Å²) in [6.45, 7) is 3.76. The summed E-state index contributed by atoms with van der Waals surface area (Å²) in [6, 6.07) is -0.333. The second-order valence-electron chi connectivity index (χ2n) is 4.34. The minimum Gasteiger partial charge on any atom is -0.311 e. The molecular formula is C10H16ClN3O2. The van der Waals surface area contributed by atoms with Gasteiger partial charge in [-0.1, -0.05) is 0 Å². The lowest BCUT2D eigenvalue weighted by atomic mass is 10.1. The van der Waals surface area contributed by atoms with Gasteiger partial charge in [-0.15, -0.1) is 11.6 Å². The van der Waals surface area contributed by atoms with E-state index in [4.69, 9.17) is 11.6 Å². The summed E-state index contributed by atoms with van der Waals surface area (Å²) >= 11 is 5.58. The lowest BCUT2D eigenvalue weighted by molar-refractivity contribution is -0.136. The Labute approximate surface area is 99.7 Å². The van der Waals surface area contributed by atoms with Gasteiger partial charge in [-0.25, -0.2) is 4.79 Å². The van der Waals surface area contributed by atoms with E-state index in [1.54, 1.807) is 6.92 Å². The van der Waals surface area contributed by atoms with Crippen molar-refractivity contribution in [2.24, 2.45) is 0 Å². The third kappa shape index (κ3) is 1.68. The fourth-order valence-electron chi connectivity index (χ4n) is 2.35. The molecule has 0 aromatic carbocycles. The number of hydrogen-bond acceptors (Lipinski definition) is 3. The number of urea groups is 1. The molecule has 1 unspecified atom stereocenters. The van der Waals surface area contributed by atoms with Crippen LogP contribution in [0, 0.1) is 0 Å². The molecule has 5 nitrogen and oxygen atoms in total. The first-order chi connectivity index (χ1) is 7.59. The van der Waals surface area contributed by atoms with Crippen LogP contribution in [0.25, 0.3) is 0 Å². The highest BCUT2D eigenvalue weighted by molar-refractivity contribution is 6.18. The van der Waals surface area contributed by atoms with Gasteiger partial charge in [-0.3, -0.25) is 14.6 Å². The van der Waals surface area contributed by atoms with Crippen molar-refractivity contribution in [2.75, 3.05) is 25.5 Å². The zero-order valence-corrected chi connectivity index (χ0v) is 10.1. The molecule has 6 heteroatoms. The van der Waals surface area contributed by atoms with Gasteiger partial charge in [0.25, 0.3) is 5.91 Å². The molecule has 0 saturated carbocycles.